The molecular formula is C16H26O23S3. The molecule has 0 radical (unpaired) electrons. The fourth-order valence-electron chi connectivity index (χ4n) is 1.62. The molecule has 1 rings (SSSR count). The minimum atomic E-state index is -4.62. The molecule has 0 aromatic carbocycles. The first kappa shape index (κ1) is 42.9. The Bertz CT molecular complexity index is 1140. The van der Waals surface area contributed by atoms with Crippen LogP contribution in [0.3, 0.4) is 0 Å². The zero-order chi connectivity index (χ0) is 33.7. The van der Waals surface area contributed by atoms with Gasteiger partial charge in [0.1, 0.15) is 13.2 Å². The van der Waals surface area contributed by atoms with Crippen LogP contribution in [0.4, 0.5) is 0 Å². The minimum Gasteiger partial charge on any atom is -0.481 e. The van der Waals surface area contributed by atoms with Crippen molar-refractivity contribution in [1.82, 2.24) is 0 Å². The topological polar surface area (TPSA) is 383 Å². The van der Waals surface area contributed by atoms with Gasteiger partial charge in [-0.2, -0.15) is 25.3 Å². The molecule has 7 N–H and O–H groups in total. The largest absolute Gasteiger partial charge is 0.481 e. The average molecular weight is 683 g/mol. The summed E-state index contributed by atoms with van der Waals surface area (Å²) in [6.07, 6.45) is -1.91. The Balaban J connectivity index is -0.000000499. The van der Waals surface area contributed by atoms with Gasteiger partial charge in [0, 0.05) is 0 Å². The number of carboxylic acids is 4. The van der Waals surface area contributed by atoms with Gasteiger partial charge in [0.25, 0.3) is 10.1 Å². The van der Waals surface area contributed by atoms with Crippen molar-refractivity contribution < 1.29 is 106 Å². The number of aliphatic carboxylic acids is 4. The van der Waals surface area contributed by atoms with Crippen LogP contribution >= 0.6 is 0 Å². The van der Waals surface area contributed by atoms with E-state index in [1.807, 2.05) is 0 Å². The number of carbonyl (C=O) groups excluding carboxylic acids is 2. The molecule has 1 aliphatic rings. The molecule has 1 aliphatic heterocycles. The molecule has 0 amide bonds. The number of hydrogen-bond acceptors (Lipinski definition) is 16. The van der Waals surface area contributed by atoms with E-state index < -0.39 is 91.6 Å². The van der Waals surface area contributed by atoms with E-state index in [4.69, 9.17) is 34.1 Å². The molecule has 246 valence electrons. The third-order valence-corrected chi connectivity index (χ3v) is 5.23. The van der Waals surface area contributed by atoms with Gasteiger partial charge in [-0.25, -0.2) is 8.37 Å². The van der Waals surface area contributed by atoms with Crippen LogP contribution in [0.2, 0.25) is 0 Å². The summed E-state index contributed by atoms with van der Waals surface area (Å²) in [6.45, 7) is -1.74. The molecule has 1 heterocycles. The van der Waals surface area contributed by atoms with Crippen LogP contribution in [-0.2, 0) is 77.5 Å². The van der Waals surface area contributed by atoms with Crippen LogP contribution in [-0.4, -0.2) is 127 Å². The molecule has 0 spiro atoms. The molecular weight excluding hydrogens is 656 g/mol. The van der Waals surface area contributed by atoms with Gasteiger partial charge >= 0.3 is 56.6 Å². The number of cyclic esters (lactones) is 2. The molecule has 23 nitrogen and oxygen atoms in total. The zero-order valence-corrected chi connectivity index (χ0v) is 23.3. The van der Waals surface area contributed by atoms with Gasteiger partial charge in [0.2, 0.25) is 0 Å². The maximum Gasteiger partial charge on any atom is 0.397 e. The number of hydrogen-bond donors (Lipinski definition) is 7. The predicted octanol–water partition coefficient (Wildman–Crippen LogP) is -2.77. The second-order valence-electron chi connectivity index (χ2n) is 6.67. The molecule has 0 aromatic rings. The monoisotopic (exact) mass is 682 g/mol. The second kappa shape index (κ2) is 21.2. The van der Waals surface area contributed by atoms with Crippen molar-refractivity contribution in [2.45, 2.75) is 37.4 Å². The lowest BCUT2D eigenvalue weighted by atomic mass is 10.3. The van der Waals surface area contributed by atoms with Gasteiger partial charge in [0.15, 0.2) is 5.25 Å². The number of ether oxygens (including phenoxy) is 2. The summed E-state index contributed by atoms with van der Waals surface area (Å²) in [5.74, 6) is -6.30. The van der Waals surface area contributed by atoms with Gasteiger partial charge < -0.3 is 29.9 Å². The molecule has 42 heavy (non-hydrogen) atoms. The summed E-state index contributed by atoms with van der Waals surface area (Å²) in [5.41, 5.74) is 0. The summed E-state index contributed by atoms with van der Waals surface area (Å²) >= 11 is 0. The SMILES string of the molecule is O=C(O)CCC(=O)O.O=C(O)CCC(=O)O.O=C1CC(S(=O)(=O)O)C(=O)OCCO1.O=S(=O)(O)OCCOS(=O)(=O)O. The number of rotatable bonds is 12. The van der Waals surface area contributed by atoms with E-state index >= 15 is 0 Å². The first-order valence-corrected chi connectivity index (χ1v) is 14.5. The molecule has 0 aromatic heterocycles. The lowest BCUT2D eigenvalue weighted by Crippen LogP contribution is -2.37. The minimum absolute atomic E-state index is 0.108. The molecule has 1 fully saturated rings. The first-order valence-electron chi connectivity index (χ1n) is 10.3. The van der Waals surface area contributed by atoms with E-state index in [0.29, 0.717) is 0 Å². The third kappa shape index (κ3) is 34.5. The Hall–Kier alpha value is -3.53. The normalized spacial score (nSPS) is 15.2. The quantitative estimate of drug-likeness (QED) is 0.0622. The maximum absolute atomic E-state index is 11.0. The standard InChI is InChI=1S/C6H8O7S.2C4H6O4.C2H6O8S2/c7-5-3-4(14(9,10)11)6(8)13-2-1-12-5;2*5-3(6)1-2-4(7)8;3-11(4,5)9-1-2-10-12(6,7)8/h4H,1-3H2,(H,9,10,11);2*1-2H2,(H,5,6)(H,7,8);1-2H2,(H,3,4,5)(H,6,7,8). The van der Waals surface area contributed by atoms with Gasteiger partial charge in [0.05, 0.1) is 45.3 Å². The van der Waals surface area contributed by atoms with Crippen LogP contribution in [0.1, 0.15) is 32.1 Å². The van der Waals surface area contributed by atoms with Gasteiger partial charge in [-0.05, 0) is 0 Å². The highest BCUT2D eigenvalue weighted by Gasteiger charge is 2.36. The van der Waals surface area contributed by atoms with Gasteiger partial charge in [-0.3, -0.25) is 42.4 Å². The van der Waals surface area contributed by atoms with Crippen LogP contribution < -0.4 is 0 Å². The highest BCUT2D eigenvalue weighted by Crippen LogP contribution is 2.10. The highest BCUT2D eigenvalue weighted by atomic mass is 32.3. The fraction of sp³-hybridized carbons (Fsp3) is 0.625. The smallest absolute Gasteiger partial charge is 0.397 e. The van der Waals surface area contributed by atoms with Crippen molar-refractivity contribution in [3.63, 3.8) is 0 Å². The number of carboxylic acid groups (broad SMARTS) is 4. The lowest BCUT2D eigenvalue weighted by molar-refractivity contribution is -0.158. The first-order chi connectivity index (χ1) is 18.9. The molecule has 1 saturated heterocycles. The van der Waals surface area contributed by atoms with Crippen LogP contribution in [0, 0.1) is 0 Å². The fourth-order valence-corrected chi connectivity index (χ4v) is 2.83. The van der Waals surface area contributed by atoms with Crippen molar-refractivity contribution in [2.75, 3.05) is 26.4 Å². The van der Waals surface area contributed by atoms with E-state index in [-0.39, 0.29) is 38.9 Å². The van der Waals surface area contributed by atoms with Gasteiger partial charge in [-0.1, -0.05) is 0 Å². The predicted molar refractivity (Wildman–Crippen MR) is 126 cm³/mol. The van der Waals surface area contributed by atoms with Crippen molar-refractivity contribution >= 4 is 66.7 Å². The molecule has 26 heteroatoms. The summed E-state index contributed by atoms with van der Waals surface area (Å²) in [5, 5.41) is 29.7. The Morgan fingerprint density at radius 3 is 1.21 bits per heavy atom. The maximum atomic E-state index is 11.0. The Labute approximate surface area is 236 Å². The van der Waals surface area contributed by atoms with E-state index in [1.165, 1.54) is 0 Å². The van der Waals surface area contributed by atoms with Crippen LogP contribution in [0.5, 0.6) is 0 Å². The second-order valence-corrected chi connectivity index (χ2v) is 10.5. The lowest BCUT2D eigenvalue weighted by Gasteiger charge is -2.16. The average Bonchev–Trinajstić information content (AvgIpc) is 2.78. The van der Waals surface area contributed by atoms with Crippen molar-refractivity contribution in [1.29, 1.82) is 0 Å². The van der Waals surface area contributed by atoms with Crippen molar-refractivity contribution in [3.05, 3.63) is 0 Å². The van der Waals surface area contributed by atoms with Gasteiger partial charge in [-0.15, -0.1) is 0 Å². The molecule has 0 bridgehead atoms. The Morgan fingerprint density at radius 1 is 0.643 bits per heavy atom. The molecule has 0 saturated carbocycles. The Kier molecular flexibility index (Phi) is 21.7. The molecule has 1 atom stereocenters. The summed E-state index contributed by atoms with van der Waals surface area (Å²) < 4.78 is 101. The molecule has 1 unspecified atom stereocenters. The van der Waals surface area contributed by atoms with Crippen molar-refractivity contribution in [2.24, 2.45) is 0 Å². The summed E-state index contributed by atoms with van der Waals surface area (Å²) in [6, 6.07) is 0. The van der Waals surface area contributed by atoms with E-state index in [9.17, 15) is 54.0 Å². The summed E-state index contributed by atoms with van der Waals surface area (Å²) in [7, 11) is -13.8. The Morgan fingerprint density at radius 2 is 0.952 bits per heavy atom. The van der Waals surface area contributed by atoms with Crippen molar-refractivity contribution in [3.8, 4) is 0 Å². The zero-order valence-electron chi connectivity index (χ0n) is 20.8. The van der Waals surface area contributed by atoms with Crippen LogP contribution in [0.15, 0.2) is 0 Å². The number of esters is 2. The highest BCUT2D eigenvalue weighted by molar-refractivity contribution is 7.87. The van der Waals surface area contributed by atoms with Crippen LogP contribution in [0.25, 0.3) is 0 Å². The molecule has 0 aliphatic carbocycles. The van der Waals surface area contributed by atoms with E-state index in [2.05, 4.69) is 17.8 Å². The van der Waals surface area contributed by atoms with E-state index in [0.717, 1.165) is 0 Å². The van der Waals surface area contributed by atoms with E-state index in [1.54, 1.807) is 0 Å². The third-order valence-electron chi connectivity index (χ3n) is 3.22. The number of carbonyl (C=O) groups is 6. The summed E-state index contributed by atoms with van der Waals surface area (Å²) in [4.78, 5) is 60.4.